The summed E-state index contributed by atoms with van der Waals surface area (Å²) in [6, 6.07) is 0. The van der Waals surface area contributed by atoms with E-state index < -0.39 is 42.0 Å². The monoisotopic (exact) mass is 332 g/mol. The maximum atomic E-state index is 12.4. The Labute approximate surface area is 100 Å². The molecule has 0 N–H and O–H groups in total. The van der Waals surface area contributed by atoms with Crippen LogP contribution < -0.4 is 0 Å². The molecule has 0 rings (SSSR count). The first-order valence-electron chi connectivity index (χ1n) is 4.05. The van der Waals surface area contributed by atoms with E-state index in [9.17, 15) is 57.1 Å². The summed E-state index contributed by atoms with van der Waals surface area (Å²) >= 11 is 0. The van der Waals surface area contributed by atoms with Gasteiger partial charge in [-0.15, -0.1) is 0 Å². The van der Waals surface area contributed by atoms with Crippen LogP contribution in [0.2, 0.25) is 0 Å². The molecule has 0 fully saturated rings. The molecule has 0 nitrogen and oxygen atoms in total. The van der Waals surface area contributed by atoms with Crippen LogP contribution in [0.1, 0.15) is 0 Å². The van der Waals surface area contributed by atoms with Crippen molar-refractivity contribution in [3.8, 4) is 0 Å². The lowest BCUT2D eigenvalue weighted by Crippen LogP contribution is -2.48. The molecule has 0 aliphatic heterocycles. The first-order valence-corrected chi connectivity index (χ1v) is 4.05. The van der Waals surface area contributed by atoms with E-state index in [1.165, 1.54) is 0 Å². The van der Waals surface area contributed by atoms with Crippen LogP contribution in [-0.2, 0) is 0 Å². The van der Waals surface area contributed by atoms with E-state index >= 15 is 0 Å². The Hall–Kier alpha value is -1.17. The summed E-state index contributed by atoms with van der Waals surface area (Å²) in [5, 5.41) is 0. The second-order valence-corrected chi connectivity index (χ2v) is 3.20. The molecule has 0 aliphatic carbocycles. The summed E-state index contributed by atoms with van der Waals surface area (Å²) in [4.78, 5) is 0. The average Bonchev–Trinajstić information content (AvgIpc) is 2.24. The zero-order valence-electron chi connectivity index (χ0n) is 8.49. The van der Waals surface area contributed by atoms with Crippen molar-refractivity contribution in [3.63, 3.8) is 0 Å². The van der Waals surface area contributed by atoms with Gasteiger partial charge in [0.2, 0.25) is 11.7 Å². The van der Waals surface area contributed by atoms with Crippen molar-refractivity contribution in [2.45, 2.75) is 30.4 Å². The van der Waals surface area contributed by atoms with E-state index in [-0.39, 0.29) is 0 Å². The van der Waals surface area contributed by atoms with Crippen molar-refractivity contribution < 1.29 is 57.1 Å². The quantitative estimate of drug-likeness (QED) is 0.645. The number of alkyl halides is 11. The van der Waals surface area contributed by atoms with Crippen LogP contribution in [0.25, 0.3) is 0 Å². The first kappa shape index (κ1) is 18.8. The van der Waals surface area contributed by atoms with Crippen molar-refractivity contribution in [1.29, 1.82) is 0 Å². The zero-order chi connectivity index (χ0) is 16.7. The first-order chi connectivity index (χ1) is 8.51. The third kappa shape index (κ3) is 2.80. The van der Waals surface area contributed by atoms with Crippen molar-refractivity contribution in [2.24, 2.45) is 0 Å². The van der Waals surface area contributed by atoms with Crippen molar-refractivity contribution in [3.05, 3.63) is 11.7 Å². The van der Waals surface area contributed by atoms with Gasteiger partial charge in [-0.3, -0.25) is 0 Å². The minimum Gasteiger partial charge on any atom is -0.203 e. The molecule has 20 heavy (non-hydrogen) atoms. The molecule has 0 amide bonds. The van der Waals surface area contributed by atoms with E-state index in [1.54, 1.807) is 0 Å². The highest BCUT2D eigenvalue weighted by atomic mass is 19.4. The van der Waals surface area contributed by atoms with Gasteiger partial charge in [0.1, 0.15) is 0 Å². The summed E-state index contributed by atoms with van der Waals surface area (Å²) in [7, 11) is 0. The highest BCUT2D eigenvalue weighted by Gasteiger charge is 2.70. The molecular weight excluding hydrogens is 331 g/mol. The molecule has 0 aliphatic rings. The third-order valence-electron chi connectivity index (χ3n) is 1.79. The Morgan fingerprint density at radius 2 is 0.900 bits per heavy atom. The van der Waals surface area contributed by atoms with Crippen LogP contribution in [0.5, 0.6) is 0 Å². The molecule has 0 aromatic carbocycles. The van der Waals surface area contributed by atoms with Gasteiger partial charge >= 0.3 is 30.4 Å². The van der Waals surface area contributed by atoms with Gasteiger partial charge < -0.3 is 0 Å². The molecule has 0 spiro atoms. The van der Waals surface area contributed by atoms with E-state index in [1.807, 2.05) is 0 Å². The van der Waals surface area contributed by atoms with E-state index in [0.29, 0.717) is 0 Å². The molecule has 0 unspecified atom stereocenters. The molecule has 0 heterocycles. The fraction of sp³-hybridized carbons (Fsp3) is 0.714. The topological polar surface area (TPSA) is 0 Å². The Morgan fingerprint density at radius 3 is 1.15 bits per heavy atom. The summed E-state index contributed by atoms with van der Waals surface area (Å²) in [5.74, 6) is -29.8. The minimum atomic E-state index is -6.94. The Morgan fingerprint density at radius 1 is 0.600 bits per heavy atom. The molecule has 0 saturated heterocycles. The number of hydrogen-bond donors (Lipinski definition) is 0. The summed E-state index contributed by atoms with van der Waals surface area (Å²) in [6.45, 7) is 0. The second kappa shape index (κ2) is 4.98. The van der Waals surface area contributed by atoms with Gasteiger partial charge in [-0.05, 0) is 0 Å². The minimum absolute atomic E-state index is 4.63. The van der Waals surface area contributed by atoms with Gasteiger partial charge in [-0.1, -0.05) is 0 Å². The molecule has 0 atom stereocenters. The maximum absolute atomic E-state index is 12.4. The van der Waals surface area contributed by atoms with Crippen LogP contribution in [0.4, 0.5) is 57.1 Å². The molecule has 0 bridgehead atoms. The fourth-order valence-corrected chi connectivity index (χ4v) is 0.683. The van der Waals surface area contributed by atoms with Crippen LogP contribution >= 0.6 is 0 Å². The molecule has 0 aromatic heterocycles. The molecule has 0 aromatic rings. The lowest BCUT2D eigenvalue weighted by molar-refractivity contribution is -0.277. The fourth-order valence-electron chi connectivity index (χ4n) is 0.683. The number of halogens is 13. The number of hydrogen-bond acceptors (Lipinski definition) is 0. The number of allylic oxidation sites excluding steroid dienone is 2. The maximum Gasteiger partial charge on any atom is 0.460 e. The molecule has 13 heteroatoms. The summed E-state index contributed by atoms with van der Waals surface area (Å²) in [6.07, 6.45) is -12.3. The van der Waals surface area contributed by atoms with Gasteiger partial charge in [-0.2, -0.15) is 39.5 Å². The Bertz CT molecular complexity index is 386. The van der Waals surface area contributed by atoms with E-state index in [2.05, 4.69) is 0 Å². The zero-order valence-corrected chi connectivity index (χ0v) is 8.49. The van der Waals surface area contributed by atoms with Crippen molar-refractivity contribution in [2.75, 3.05) is 0 Å². The highest BCUT2D eigenvalue weighted by Crippen LogP contribution is 2.50. The second-order valence-electron chi connectivity index (χ2n) is 3.20. The van der Waals surface area contributed by atoms with Crippen molar-refractivity contribution in [1.82, 2.24) is 0 Å². The molecule has 120 valence electrons. The Kier molecular flexibility index (Phi) is 4.69. The summed E-state index contributed by atoms with van der Waals surface area (Å²) in [5.41, 5.74) is 0. The van der Waals surface area contributed by atoms with Crippen molar-refractivity contribution >= 4 is 0 Å². The van der Waals surface area contributed by atoms with Gasteiger partial charge in [0.25, 0.3) is 0 Å². The average molecular weight is 332 g/mol. The van der Waals surface area contributed by atoms with Gasteiger partial charge in [-0.25, -0.2) is 17.6 Å². The normalized spacial score (nSPS) is 16.5. The number of rotatable bonds is 4. The van der Waals surface area contributed by atoms with Crippen LogP contribution in [0.15, 0.2) is 11.7 Å². The predicted octanol–water partition coefficient (Wildman–Crippen LogP) is 4.87. The van der Waals surface area contributed by atoms with Gasteiger partial charge in [0, 0.05) is 0 Å². The van der Waals surface area contributed by atoms with Gasteiger partial charge in [0.15, 0.2) is 0 Å². The predicted molar refractivity (Wildman–Crippen MR) is 36.1 cm³/mol. The highest BCUT2D eigenvalue weighted by molar-refractivity contribution is 5.21. The standard InChI is InChI=1S/C7HF13/c8-1(2(9)5(14,15)7(18,19)20)4(12,13)6(16,17)3(10)11/h3H. The largest absolute Gasteiger partial charge is 0.460 e. The lowest BCUT2D eigenvalue weighted by atomic mass is 10.1. The van der Waals surface area contributed by atoms with Crippen LogP contribution in [-0.4, -0.2) is 30.4 Å². The molecule has 0 saturated carbocycles. The van der Waals surface area contributed by atoms with E-state index in [4.69, 9.17) is 0 Å². The van der Waals surface area contributed by atoms with E-state index in [0.717, 1.165) is 0 Å². The van der Waals surface area contributed by atoms with Crippen LogP contribution in [0.3, 0.4) is 0 Å². The SMILES string of the molecule is FC(=C(F)C(F)(F)C(F)(F)C(F)F)C(F)(F)C(F)(F)F. The smallest absolute Gasteiger partial charge is 0.203 e. The van der Waals surface area contributed by atoms with Gasteiger partial charge in [0.05, 0.1) is 0 Å². The Balaban J connectivity index is 5.97. The molecular formula is C7HF13. The van der Waals surface area contributed by atoms with Crippen LogP contribution in [0, 0.1) is 0 Å². The molecule has 0 radical (unpaired) electrons. The summed E-state index contributed by atoms with van der Waals surface area (Å²) < 4.78 is 156. The lowest BCUT2D eigenvalue weighted by Gasteiger charge is -2.26. The third-order valence-corrected chi connectivity index (χ3v) is 1.79.